The Morgan fingerprint density at radius 2 is 2.00 bits per heavy atom. The number of carboxylic acids is 1. The van der Waals surface area contributed by atoms with E-state index >= 15 is 0 Å². The van der Waals surface area contributed by atoms with Crippen molar-refractivity contribution in [2.75, 3.05) is 12.5 Å². The number of nitrogens with zero attached hydrogens (tertiary/aromatic N) is 1. The van der Waals surface area contributed by atoms with Gasteiger partial charge in [-0.15, -0.1) is 0 Å². The van der Waals surface area contributed by atoms with Gasteiger partial charge in [-0.25, -0.2) is 4.98 Å². The monoisotopic (exact) mass is 389 g/mol. The zero-order chi connectivity index (χ0) is 18.1. The number of carboxylic acid groups (broad SMARTS) is 1. The van der Waals surface area contributed by atoms with E-state index in [4.69, 9.17) is 30.6 Å². The molecule has 6 nitrogen and oxygen atoms in total. The first kappa shape index (κ1) is 16.8. The second-order valence-corrected chi connectivity index (χ2v) is 6.72. The summed E-state index contributed by atoms with van der Waals surface area (Å²) in [5.41, 5.74) is 2.00. The number of thioether (sulfide) groups is 1. The molecule has 4 rings (SSSR count). The van der Waals surface area contributed by atoms with Crippen molar-refractivity contribution in [2.45, 2.75) is 5.22 Å². The van der Waals surface area contributed by atoms with Crippen molar-refractivity contribution >= 4 is 29.3 Å². The van der Waals surface area contributed by atoms with E-state index in [2.05, 4.69) is 4.98 Å². The van der Waals surface area contributed by atoms with Crippen LogP contribution < -0.4 is 9.47 Å². The average Bonchev–Trinajstić information content (AvgIpc) is 3.26. The van der Waals surface area contributed by atoms with Crippen LogP contribution in [0.3, 0.4) is 0 Å². The van der Waals surface area contributed by atoms with Gasteiger partial charge in [-0.2, -0.15) is 0 Å². The molecule has 2 aromatic carbocycles. The zero-order valence-corrected chi connectivity index (χ0v) is 14.8. The van der Waals surface area contributed by atoms with Crippen LogP contribution in [0.15, 0.2) is 52.1 Å². The summed E-state index contributed by atoms with van der Waals surface area (Å²) < 4.78 is 16.6. The summed E-state index contributed by atoms with van der Waals surface area (Å²) in [7, 11) is 0. The lowest BCUT2D eigenvalue weighted by Gasteiger charge is -2.04. The number of rotatable bonds is 5. The molecule has 1 N–H and O–H groups in total. The quantitative estimate of drug-likeness (QED) is 0.640. The number of ether oxygens (including phenoxy) is 2. The highest BCUT2D eigenvalue weighted by molar-refractivity contribution is 7.99. The van der Waals surface area contributed by atoms with Gasteiger partial charge in [0.1, 0.15) is 11.4 Å². The van der Waals surface area contributed by atoms with Gasteiger partial charge in [0.25, 0.3) is 5.22 Å². The Morgan fingerprint density at radius 1 is 1.19 bits per heavy atom. The molecule has 0 saturated carbocycles. The van der Waals surface area contributed by atoms with E-state index in [1.807, 2.05) is 30.3 Å². The van der Waals surface area contributed by atoms with E-state index in [1.54, 1.807) is 12.1 Å². The fraction of sp³-hybridized carbons (Fsp3) is 0.111. The molecular formula is C18H12ClNO5S. The lowest BCUT2D eigenvalue weighted by molar-refractivity contribution is -0.133. The molecule has 26 heavy (non-hydrogen) atoms. The molecule has 0 spiro atoms. The SMILES string of the molecule is O=C(O)CSc1nc(-c2ccc3c(c2)OCO3)c(-c2ccccc2Cl)o1. The second-order valence-electron chi connectivity index (χ2n) is 5.39. The van der Waals surface area contributed by atoms with Gasteiger partial charge in [-0.3, -0.25) is 4.79 Å². The number of carbonyl (C=O) groups is 1. The number of hydrogen-bond donors (Lipinski definition) is 1. The van der Waals surface area contributed by atoms with Gasteiger partial charge in [0.15, 0.2) is 17.3 Å². The fourth-order valence-electron chi connectivity index (χ4n) is 2.55. The van der Waals surface area contributed by atoms with E-state index in [0.29, 0.717) is 33.5 Å². The first-order valence-corrected chi connectivity index (χ1v) is 8.98. The minimum atomic E-state index is -0.947. The van der Waals surface area contributed by atoms with Crippen molar-refractivity contribution in [3.63, 3.8) is 0 Å². The zero-order valence-electron chi connectivity index (χ0n) is 13.3. The molecule has 0 fully saturated rings. The molecule has 132 valence electrons. The topological polar surface area (TPSA) is 81.8 Å². The van der Waals surface area contributed by atoms with Crippen LogP contribution >= 0.6 is 23.4 Å². The molecule has 1 aromatic heterocycles. The number of oxazole rings is 1. The molecule has 0 atom stereocenters. The molecule has 8 heteroatoms. The Kier molecular flexibility index (Phi) is 4.48. The molecule has 0 radical (unpaired) electrons. The highest BCUT2D eigenvalue weighted by Crippen LogP contribution is 2.42. The van der Waals surface area contributed by atoms with E-state index in [0.717, 1.165) is 17.3 Å². The van der Waals surface area contributed by atoms with Crippen LogP contribution in [0.2, 0.25) is 5.02 Å². The average molecular weight is 390 g/mol. The Hall–Kier alpha value is -2.64. The minimum absolute atomic E-state index is 0.150. The van der Waals surface area contributed by atoms with Crippen LogP contribution in [0.5, 0.6) is 11.5 Å². The van der Waals surface area contributed by atoms with Crippen molar-refractivity contribution in [1.29, 1.82) is 0 Å². The number of benzene rings is 2. The molecule has 0 aliphatic carbocycles. The van der Waals surface area contributed by atoms with Crippen LogP contribution in [-0.4, -0.2) is 28.6 Å². The first-order chi connectivity index (χ1) is 12.6. The summed E-state index contributed by atoms with van der Waals surface area (Å²) in [4.78, 5) is 15.3. The highest BCUT2D eigenvalue weighted by atomic mass is 35.5. The third kappa shape index (κ3) is 3.23. The highest BCUT2D eigenvalue weighted by Gasteiger charge is 2.22. The first-order valence-electron chi connectivity index (χ1n) is 7.62. The standard InChI is InChI=1S/C18H12ClNO5S/c19-12-4-2-1-3-11(12)17-16(20-18(25-17)26-8-15(21)22)10-5-6-13-14(7-10)24-9-23-13/h1-7H,8-9H2,(H,21,22). The van der Waals surface area contributed by atoms with Gasteiger partial charge in [-0.05, 0) is 30.3 Å². The normalized spacial score (nSPS) is 12.3. The van der Waals surface area contributed by atoms with Gasteiger partial charge in [-0.1, -0.05) is 35.5 Å². The lowest BCUT2D eigenvalue weighted by atomic mass is 10.1. The number of halogens is 1. The molecule has 2 heterocycles. The Bertz CT molecular complexity index is 987. The summed E-state index contributed by atoms with van der Waals surface area (Å²) in [6, 6.07) is 12.7. The maximum Gasteiger partial charge on any atom is 0.314 e. The number of fused-ring (bicyclic) bond motifs is 1. The van der Waals surface area contributed by atoms with Crippen LogP contribution in [0.4, 0.5) is 0 Å². The fourth-order valence-corrected chi connectivity index (χ4v) is 3.32. The molecule has 1 aliphatic heterocycles. The molecule has 3 aromatic rings. The van der Waals surface area contributed by atoms with Crippen molar-refractivity contribution in [2.24, 2.45) is 0 Å². The molecule has 1 aliphatic rings. The Morgan fingerprint density at radius 3 is 2.81 bits per heavy atom. The Balaban J connectivity index is 1.81. The van der Waals surface area contributed by atoms with Gasteiger partial charge in [0.05, 0.1) is 5.02 Å². The third-order valence-corrected chi connectivity index (χ3v) is 4.83. The summed E-state index contributed by atoms with van der Waals surface area (Å²) >= 11 is 7.32. The number of aliphatic carboxylic acids is 1. The van der Waals surface area contributed by atoms with Gasteiger partial charge >= 0.3 is 5.97 Å². The molecule has 0 saturated heterocycles. The smallest absolute Gasteiger partial charge is 0.314 e. The maximum absolute atomic E-state index is 10.8. The molecule has 0 unspecified atom stereocenters. The predicted octanol–water partition coefficient (Wildman–Crippen LogP) is 4.57. The van der Waals surface area contributed by atoms with E-state index in [9.17, 15) is 4.79 Å². The minimum Gasteiger partial charge on any atom is -0.481 e. The summed E-state index contributed by atoms with van der Waals surface area (Å²) in [5.74, 6) is 0.662. The van der Waals surface area contributed by atoms with E-state index in [1.165, 1.54) is 0 Å². The van der Waals surface area contributed by atoms with Crippen molar-refractivity contribution in [3.05, 3.63) is 47.5 Å². The number of hydrogen-bond acceptors (Lipinski definition) is 6. The largest absolute Gasteiger partial charge is 0.481 e. The summed E-state index contributed by atoms with van der Waals surface area (Å²) in [6.45, 7) is 0.175. The predicted molar refractivity (Wildman–Crippen MR) is 96.9 cm³/mol. The van der Waals surface area contributed by atoms with Gasteiger partial charge < -0.3 is 19.0 Å². The lowest BCUT2D eigenvalue weighted by Crippen LogP contribution is -1.97. The summed E-state index contributed by atoms with van der Waals surface area (Å²) in [6.07, 6.45) is 0. The van der Waals surface area contributed by atoms with Crippen LogP contribution in [0, 0.1) is 0 Å². The van der Waals surface area contributed by atoms with Crippen LogP contribution in [0.1, 0.15) is 0 Å². The van der Waals surface area contributed by atoms with Gasteiger partial charge in [0, 0.05) is 11.1 Å². The van der Waals surface area contributed by atoms with Crippen LogP contribution in [0.25, 0.3) is 22.6 Å². The Labute approximate surface area is 157 Å². The second kappa shape index (κ2) is 6.93. The van der Waals surface area contributed by atoms with Gasteiger partial charge in [0.2, 0.25) is 6.79 Å². The van der Waals surface area contributed by atoms with Crippen LogP contribution in [-0.2, 0) is 4.79 Å². The van der Waals surface area contributed by atoms with Crippen molar-refractivity contribution in [3.8, 4) is 34.1 Å². The van der Waals surface area contributed by atoms with E-state index < -0.39 is 5.97 Å². The third-order valence-electron chi connectivity index (χ3n) is 3.69. The summed E-state index contributed by atoms with van der Waals surface area (Å²) in [5, 5.41) is 9.67. The number of aromatic nitrogens is 1. The molecule has 0 amide bonds. The maximum atomic E-state index is 10.8. The molecular weight excluding hydrogens is 378 g/mol. The van der Waals surface area contributed by atoms with E-state index in [-0.39, 0.29) is 17.8 Å². The molecule has 0 bridgehead atoms. The van der Waals surface area contributed by atoms with Crippen molar-refractivity contribution in [1.82, 2.24) is 4.98 Å². The van der Waals surface area contributed by atoms with Crippen molar-refractivity contribution < 1.29 is 23.8 Å².